The van der Waals surface area contributed by atoms with E-state index in [1.165, 1.54) is 6.20 Å². The molecule has 1 fully saturated rings. The molecule has 1 aliphatic rings. The van der Waals surface area contributed by atoms with Gasteiger partial charge in [0.25, 0.3) is 0 Å². The number of carbonyl (C=O) groups is 1. The molecule has 7 heteroatoms. The van der Waals surface area contributed by atoms with E-state index in [1.54, 1.807) is 0 Å². The van der Waals surface area contributed by atoms with Gasteiger partial charge in [-0.15, -0.1) is 0 Å². The largest absolute Gasteiger partial charge is 1.00 e. The third-order valence-electron chi connectivity index (χ3n) is 2.70. The van der Waals surface area contributed by atoms with Crippen molar-refractivity contribution in [2.24, 2.45) is 0 Å². The van der Waals surface area contributed by atoms with Gasteiger partial charge in [0.2, 0.25) is 5.89 Å². The van der Waals surface area contributed by atoms with Crippen molar-refractivity contribution in [2.75, 3.05) is 33.2 Å². The molecule has 0 N–H and O–H groups in total. The van der Waals surface area contributed by atoms with E-state index >= 15 is 0 Å². The SMILES string of the molecule is CN1CCN(Cc2cnc(C(=O)[O-])o2)CC1.[Li+]. The number of hydrogen-bond donors (Lipinski definition) is 0. The first-order chi connectivity index (χ1) is 7.65. The fraction of sp³-hybridized carbons (Fsp3) is 0.600. The van der Waals surface area contributed by atoms with Crippen LogP contribution < -0.4 is 24.0 Å². The molecule has 1 aromatic rings. The van der Waals surface area contributed by atoms with Crippen molar-refractivity contribution in [2.45, 2.75) is 6.54 Å². The maximum absolute atomic E-state index is 10.5. The number of likely N-dealkylation sites (N-methyl/N-ethyl adjacent to an activating group) is 1. The molecule has 0 atom stereocenters. The Morgan fingerprint density at radius 1 is 1.47 bits per heavy atom. The van der Waals surface area contributed by atoms with E-state index in [4.69, 9.17) is 4.42 Å². The zero-order valence-electron chi connectivity index (χ0n) is 10.2. The number of aromatic nitrogens is 1. The van der Waals surface area contributed by atoms with Crippen molar-refractivity contribution in [1.82, 2.24) is 14.8 Å². The quantitative estimate of drug-likeness (QED) is 0.491. The van der Waals surface area contributed by atoms with Crippen LogP contribution in [-0.2, 0) is 6.54 Å². The predicted octanol–water partition coefficient (Wildman–Crippen LogP) is -4.21. The molecular formula is C10H14LiN3O3. The molecule has 1 saturated heterocycles. The number of nitrogens with zero attached hydrogens (tertiary/aromatic N) is 3. The van der Waals surface area contributed by atoms with Crippen LogP contribution in [0.4, 0.5) is 0 Å². The van der Waals surface area contributed by atoms with Crippen molar-refractivity contribution in [3.8, 4) is 0 Å². The molecule has 0 amide bonds. The summed E-state index contributed by atoms with van der Waals surface area (Å²) in [4.78, 5) is 18.6. The second-order valence-electron chi connectivity index (χ2n) is 4.00. The monoisotopic (exact) mass is 231 g/mol. The molecule has 0 spiro atoms. The van der Waals surface area contributed by atoms with Crippen LogP contribution in [0, 0.1) is 0 Å². The second-order valence-corrected chi connectivity index (χ2v) is 4.00. The molecule has 2 rings (SSSR count). The molecule has 17 heavy (non-hydrogen) atoms. The van der Waals surface area contributed by atoms with E-state index in [1.807, 2.05) is 0 Å². The van der Waals surface area contributed by atoms with E-state index < -0.39 is 5.97 Å². The number of rotatable bonds is 3. The normalized spacial score (nSPS) is 17.7. The Hall–Kier alpha value is -0.803. The summed E-state index contributed by atoms with van der Waals surface area (Å²) in [6.07, 6.45) is 1.45. The predicted molar refractivity (Wildman–Crippen MR) is 53.6 cm³/mol. The Morgan fingerprint density at radius 2 is 2.12 bits per heavy atom. The van der Waals surface area contributed by atoms with Crippen LogP contribution in [0.1, 0.15) is 16.4 Å². The average molecular weight is 231 g/mol. The Morgan fingerprint density at radius 3 is 2.65 bits per heavy atom. The van der Waals surface area contributed by atoms with Crippen molar-refractivity contribution in [1.29, 1.82) is 0 Å². The van der Waals surface area contributed by atoms with Crippen LogP contribution in [0.5, 0.6) is 0 Å². The topological polar surface area (TPSA) is 72.6 Å². The number of carboxylic acids is 1. The number of aromatic carboxylic acids is 1. The van der Waals surface area contributed by atoms with Gasteiger partial charge in [0.05, 0.1) is 12.7 Å². The van der Waals surface area contributed by atoms with Gasteiger partial charge in [0, 0.05) is 26.2 Å². The van der Waals surface area contributed by atoms with Gasteiger partial charge in [-0.05, 0) is 7.05 Å². The first kappa shape index (κ1) is 14.3. The summed E-state index contributed by atoms with van der Waals surface area (Å²) < 4.78 is 5.05. The van der Waals surface area contributed by atoms with Crippen molar-refractivity contribution in [3.05, 3.63) is 17.8 Å². The smallest absolute Gasteiger partial charge is 0.540 e. The molecule has 1 aromatic heterocycles. The number of piperazine rings is 1. The standard InChI is InChI=1S/C10H15N3O3.Li/c1-12-2-4-13(5-3-12)7-8-6-11-9(16-8)10(14)15;/h6H,2-5,7H2,1H3,(H,14,15);/q;+1/p-1. The van der Waals surface area contributed by atoms with E-state index in [-0.39, 0.29) is 24.8 Å². The summed E-state index contributed by atoms with van der Waals surface area (Å²) in [5.41, 5.74) is 0. The van der Waals surface area contributed by atoms with Crippen molar-refractivity contribution in [3.63, 3.8) is 0 Å². The van der Waals surface area contributed by atoms with Gasteiger partial charge in [-0.2, -0.15) is 0 Å². The number of carboxylic acid groups (broad SMARTS) is 1. The zero-order chi connectivity index (χ0) is 11.5. The molecule has 6 nitrogen and oxygen atoms in total. The fourth-order valence-corrected chi connectivity index (χ4v) is 1.70. The van der Waals surface area contributed by atoms with E-state index in [0.29, 0.717) is 12.3 Å². The van der Waals surface area contributed by atoms with Gasteiger partial charge >= 0.3 is 18.9 Å². The minimum atomic E-state index is -1.37. The Labute approximate surface area is 112 Å². The van der Waals surface area contributed by atoms with Gasteiger partial charge < -0.3 is 19.2 Å². The van der Waals surface area contributed by atoms with Gasteiger partial charge in [0.1, 0.15) is 11.7 Å². The molecule has 0 saturated carbocycles. The number of hydrogen-bond acceptors (Lipinski definition) is 6. The molecule has 0 aromatic carbocycles. The zero-order valence-corrected chi connectivity index (χ0v) is 10.2. The van der Waals surface area contributed by atoms with E-state index in [0.717, 1.165) is 26.2 Å². The first-order valence-corrected chi connectivity index (χ1v) is 5.22. The average Bonchev–Trinajstić information content (AvgIpc) is 2.70. The summed E-state index contributed by atoms with van der Waals surface area (Å²) in [6, 6.07) is 0. The maximum atomic E-state index is 10.5. The van der Waals surface area contributed by atoms with Crippen LogP contribution >= 0.6 is 0 Å². The van der Waals surface area contributed by atoms with Crippen LogP contribution in [0.2, 0.25) is 0 Å². The number of carbonyl (C=O) groups excluding carboxylic acids is 1. The van der Waals surface area contributed by atoms with Gasteiger partial charge in [0.15, 0.2) is 0 Å². The van der Waals surface area contributed by atoms with Crippen LogP contribution in [-0.4, -0.2) is 54.0 Å². The van der Waals surface area contributed by atoms with Crippen LogP contribution in [0.15, 0.2) is 10.6 Å². The van der Waals surface area contributed by atoms with Gasteiger partial charge in [-0.1, -0.05) is 0 Å². The number of oxazole rings is 1. The minimum Gasteiger partial charge on any atom is -0.540 e. The first-order valence-electron chi connectivity index (χ1n) is 5.22. The Bertz CT molecular complexity index is 375. The minimum absolute atomic E-state index is 0. The third kappa shape index (κ3) is 3.86. The maximum Gasteiger partial charge on any atom is 1.00 e. The molecular weight excluding hydrogens is 217 g/mol. The third-order valence-corrected chi connectivity index (χ3v) is 2.70. The molecule has 88 valence electrons. The summed E-state index contributed by atoms with van der Waals surface area (Å²) in [5, 5.41) is 10.5. The van der Waals surface area contributed by atoms with Gasteiger partial charge in [-0.3, -0.25) is 4.90 Å². The van der Waals surface area contributed by atoms with Gasteiger partial charge in [-0.25, -0.2) is 4.98 Å². The van der Waals surface area contributed by atoms with Crippen molar-refractivity contribution < 1.29 is 33.2 Å². The van der Waals surface area contributed by atoms with E-state index in [9.17, 15) is 9.90 Å². The Balaban J connectivity index is 0.00000144. The fourth-order valence-electron chi connectivity index (χ4n) is 1.70. The summed E-state index contributed by atoms with van der Waals surface area (Å²) in [7, 11) is 2.08. The van der Waals surface area contributed by atoms with Crippen LogP contribution in [0.25, 0.3) is 0 Å². The molecule has 0 unspecified atom stereocenters. The molecule has 2 heterocycles. The molecule has 0 aliphatic carbocycles. The molecule has 1 aliphatic heterocycles. The molecule has 0 radical (unpaired) electrons. The van der Waals surface area contributed by atoms with Crippen molar-refractivity contribution >= 4 is 5.97 Å². The second kappa shape index (κ2) is 6.22. The van der Waals surface area contributed by atoms with E-state index in [2.05, 4.69) is 21.8 Å². The summed E-state index contributed by atoms with van der Waals surface area (Å²) >= 11 is 0. The summed E-state index contributed by atoms with van der Waals surface area (Å²) in [5.74, 6) is -1.14. The molecule has 0 bridgehead atoms. The summed E-state index contributed by atoms with van der Waals surface area (Å²) in [6.45, 7) is 4.55. The van der Waals surface area contributed by atoms with Crippen LogP contribution in [0.3, 0.4) is 0 Å². The Kier molecular flexibility index (Phi) is 5.21.